The lowest BCUT2D eigenvalue weighted by Crippen LogP contribution is -2.48. The molecule has 4 nitrogen and oxygen atoms in total. The number of hydrogen-bond acceptors (Lipinski definition) is 2. The van der Waals surface area contributed by atoms with E-state index in [0.717, 1.165) is 18.5 Å². The van der Waals surface area contributed by atoms with Crippen molar-refractivity contribution in [2.24, 2.45) is 0 Å². The Bertz CT molecular complexity index is 414. The summed E-state index contributed by atoms with van der Waals surface area (Å²) in [4.78, 5) is 14.3. The van der Waals surface area contributed by atoms with Crippen molar-refractivity contribution in [1.29, 1.82) is 0 Å². The summed E-state index contributed by atoms with van der Waals surface area (Å²) in [6.45, 7) is 6.36. The molecule has 2 atom stereocenters. The molecule has 2 rings (SSSR count). The van der Waals surface area contributed by atoms with Gasteiger partial charge in [-0.15, -0.1) is 0 Å². The summed E-state index contributed by atoms with van der Waals surface area (Å²) in [5, 5.41) is 4.85. The van der Waals surface area contributed by atoms with Crippen molar-refractivity contribution in [2.75, 3.05) is 0 Å². The summed E-state index contributed by atoms with van der Waals surface area (Å²) in [5.74, 6) is 0.133. The highest BCUT2D eigenvalue weighted by Gasteiger charge is 2.28. The van der Waals surface area contributed by atoms with E-state index in [-0.39, 0.29) is 12.5 Å². The third kappa shape index (κ3) is 2.69. The Morgan fingerprint density at radius 3 is 2.56 bits per heavy atom. The van der Waals surface area contributed by atoms with Crippen LogP contribution in [-0.2, 0) is 11.3 Å². The largest absolute Gasteiger partial charge is 0.336 e. The summed E-state index contributed by atoms with van der Waals surface area (Å²) in [7, 11) is 0. The number of halogens is 1. The van der Waals surface area contributed by atoms with E-state index >= 15 is 0 Å². The van der Waals surface area contributed by atoms with Crippen LogP contribution in [-0.4, -0.2) is 32.7 Å². The highest BCUT2D eigenvalue weighted by molar-refractivity contribution is 6.31. The second-order valence-electron chi connectivity index (χ2n) is 5.19. The van der Waals surface area contributed by atoms with Crippen LogP contribution < -0.4 is 0 Å². The number of likely N-dealkylation sites (tertiary alicyclic amines) is 1. The molecule has 0 aliphatic carbocycles. The van der Waals surface area contributed by atoms with Gasteiger partial charge in [0.25, 0.3) is 0 Å². The first-order valence-corrected chi connectivity index (χ1v) is 6.87. The minimum atomic E-state index is 0.133. The minimum Gasteiger partial charge on any atom is -0.336 e. The third-order valence-corrected chi connectivity index (χ3v) is 4.04. The molecule has 0 radical (unpaired) electrons. The topological polar surface area (TPSA) is 38.1 Å². The second-order valence-corrected chi connectivity index (χ2v) is 5.60. The average molecular weight is 270 g/mol. The molecule has 0 aromatic carbocycles. The van der Waals surface area contributed by atoms with Crippen LogP contribution in [0.5, 0.6) is 0 Å². The van der Waals surface area contributed by atoms with Crippen molar-refractivity contribution in [2.45, 2.75) is 58.7 Å². The zero-order valence-corrected chi connectivity index (χ0v) is 11.9. The van der Waals surface area contributed by atoms with Gasteiger partial charge in [-0.2, -0.15) is 5.10 Å². The summed E-state index contributed by atoms with van der Waals surface area (Å²) in [6.07, 6.45) is 5.11. The lowest BCUT2D eigenvalue weighted by molar-refractivity contribution is -0.138. The number of aryl methyl sites for hydroxylation is 1. The number of aromatic nitrogens is 2. The van der Waals surface area contributed by atoms with Crippen LogP contribution in [0.2, 0.25) is 5.02 Å². The van der Waals surface area contributed by atoms with E-state index in [4.69, 9.17) is 11.6 Å². The Balaban J connectivity index is 2.06. The number of rotatable bonds is 2. The van der Waals surface area contributed by atoms with Gasteiger partial charge >= 0.3 is 0 Å². The number of carbonyl (C=O) groups excluding carboxylic acids is 1. The van der Waals surface area contributed by atoms with Gasteiger partial charge < -0.3 is 4.90 Å². The Kier molecular flexibility index (Phi) is 3.95. The highest BCUT2D eigenvalue weighted by atomic mass is 35.5. The van der Waals surface area contributed by atoms with Gasteiger partial charge in [0.2, 0.25) is 5.91 Å². The van der Waals surface area contributed by atoms with Gasteiger partial charge in [0, 0.05) is 18.3 Å². The first-order chi connectivity index (χ1) is 8.49. The van der Waals surface area contributed by atoms with E-state index in [1.807, 2.05) is 11.8 Å². The van der Waals surface area contributed by atoms with Gasteiger partial charge in [0.15, 0.2) is 0 Å². The third-order valence-electron chi connectivity index (χ3n) is 3.67. The molecule has 0 saturated carbocycles. The molecule has 0 bridgehead atoms. The molecule has 1 aromatic rings. The number of hydrogen-bond donors (Lipinski definition) is 0. The van der Waals surface area contributed by atoms with Crippen LogP contribution in [0, 0.1) is 6.92 Å². The molecule has 0 spiro atoms. The van der Waals surface area contributed by atoms with Crippen molar-refractivity contribution in [3.8, 4) is 0 Å². The van der Waals surface area contributed by atoms with E-state index in [0.29, 0.717) is 17.1 Å². The normalized spacial score (nSPS) is 24.3. The van der Waals surface area contributed by atoms with Crippen molar-refractivity contribution in [3.05, 3.63) is 16.9 Å². The Morgan fingerprint density at radius 2 is 2.06 bits per heavy atom. The molecule has 2 heterocycles. The molecule has 1 aliphatic heterocycles. The lowest BCUT2D eigenvalue weighted by Gasteiger charge is -2.39. The van der Waals surface area contributed by atoms with Gasteiger partial charge in [-0.05, 0) is 40.0 Å². The van der Waals surface area contributed by atoms with E-state index < -0.39 is 0 Å². The maximum Gasteiger partial charge on any atom is 0.244 e. The predicted octanol–water partition coefficient (Wildman–Crippen LogP) is 2.63. The molecule has 1 aliphatic rings. The van der Waals surface area contributed by atoms with Crippen LogP contribution in [0.3, 0.4) is 0 Å². The minimum absolute atomic E-state index is 0.133. The summed E-state index contributed by atoms with van der Waals surface area (Å²) in [6, 6.07) is 0.654. The number of carbonyl (C=O) groups is 1. The molecule has 100 valence electrons. The Labute approximate surface area is 113 Å². The van der Waals surface area contributed by atoms with Crippen molar-refractivity contribution < 1.29 is 4.79 Å². The van der Waals surface area contributed by atoms with E-state index in [2.05, 4.69) is 18.9 Å². The zero-order chi connectivity index (χ0) is 13.3. The molecule has 1 amide bonds. The Hall–Kier alpha value is -1.03. The van der Waals surface area contributed by atoms with E-state index in [1.165, 1.54) is 6.42 Å². The fourth-order valence-electron chi connectivity index (χ4n) is 2.71. The van der Waals surface area contributed by atoms with Gasteiger partial charge in [0.05, 0.1) is 10.7 Å². The molecule has 5 heteroatoms. The first kappa shape index (κ1) is 13.4. The quantitative estimate of drug-likeness (QED) is 0.828. The fourth-order valence-corrected chi connectivity index (χ4v) is 2.86. The summed E-state index contributed by atoms with van der Waals surface area (Å²) in [5.41, 5.74) is 0.768. The van der Waals surface area contributed by atoms with Crippen molar-refractivity contribution in [1.82, 2.24) is 14.7 Å². The molecule has 1 saturated heterocycles. The predicted molar refractivity (Wildman–Crippen MR) is 71.6 cm³/mol. The van der Waals surface area contributed by atoms with Gasteiger partial charge in [-0.3, -0.25) is 9.48 Å². The monoisotopic (exact) mass is 269 g/mol. The van der Waals surface area contributed by atoms with Crippen molar-refractivity contribution in [3.63, 3.8) is 0 Å². The number of nitrogens with zero attached hydrogens (tertiary/aromatic N) is 3. The lowest BCUT2D eigenvalue weighted by atomic mass is 9.97. The van der Waals surface area contributed by atoms with Crippen molar-refractivity contribution >= 4 is 17.5 Å². The number of amides is 1. The van der Waals surface area contributed by atoms with Gasteiger partial charge in [0.1, 0.15) is 6.54 Å². The highest BCUT2D eigenvalue weighted by Crippen LogP contribution is 2.23. The maximum absolute atomic E-state index is 12.3. The van der Waals surface area contributed by atoms with Crippen LogP contribution in [0.25, 0.3) is 0 Å². The molecule has 0 unspecified atom stereocenters. The molecule has 0 N–H and O–H groups in total. The number of piperidine rings is 1. The zero-order valence-electron chi connectivity index (χ0n) is 11.2. The van der Waals surface area contributed by atoms with Gasteiger partial charge in [-0.1, -0.05) is 11.6 Å². The summed E-state index contributed by atoms with van der Waals surface area (Å²) >= 11 is 5.95. The fraction of sp³-hybridized carbons (Fsp3) is 0.692. The average Bonchev–Trinajstić information content (AvgIpc) is 2.57. The maximum atomic E-state index is 12.3. The molecule has 18 heavy (non-hydrogen) atoms. The standard InChI is InChI=1S/C13H20ClN3O/c1-9-5-4-6-10(2)17(9)13(18)8-16-7-12(14)11(3)15-16/h7,9-10H,4-6,8H2,1-3H3/t9-,10-/m1/s1. The first-order valence-electron chi connectivity index (χ1n) is 6.49. The SMILES string of the molecule is Cc1nn(CC(=O)N2[C@H](C)CCC[C@H]2C)cc1Cl. The van der Waals surface area contributed by atoms with Gasteiger partial charge in [-0.25, -0.2) is 0 Å². The summed E-state index contributed by atoms with van der Waals surface area (Å²) < 4.78 is 1.63. The van der Waals surface area contributed by atoms with Crippen LogP contribution in [0.15, 0.2) is 6.20 Å². The molecule has 1 aromatic heterocycles. The van der Waals surface area contributed by atoms with Crippen LogP contribution in [0.1, 0.15) is 38.8 Å². The second kappa shape index (κ2) is 5.31. The molecular weight excluding hydrogens is 250 g/mol. The molecule has 1 fully saturated rings. The molecular formula is C13H20ClN3O. The van der Waals surface area contributed by atoms with E-state index in [1.54, 1.807) is 10.9 Å². The van der Waals surface area contributed by atoms with Crippen LogP contribution >= 0.6 is 11.6 Å². The van der Waals surface area contributed by atoms with Crippen LogP contribution in [0.4, 0.5) is 0 Å². The smallest absolute Gasteiger partial charge is 0.244 e. The van der Waals surface area contributed by atoms with E-state index in [9.17, 15) is 4.79 Å². The Morgan fingerprint density at radius 1 is 1.44 bits per heavy atom.